The lowest BCUT2D eigenvalue weighted by Gasteiger charge is -2.18. The quantitative estimate of drug-likeness (QED) is 0.559. The molecule has 0 aliphatic heterocycles. The summed E-state index contributed by atoms with van der Waals surface area (Å²) < 4.78 is 37.0. The van der Waals surface area contributed by atoms with Gasteiger partial charge < -0.3 is 9.47 Å². The summed E-state index contributed by atoms with van der Waals surface area (Å²) in [7, 11) is -2.17. The lowest BCUT2D eigenvalue weighted by Crippen LogP contribution is -2.30. The van der Waals surface area contributed by atoms with Crippen LogP contribution >= 0.6 is 0 Å². The van der Waals surface area contributed by atoms with Crippen LogP contribution in [0.5, 0.6) is 11.5 Å². The number of benzene rings is 2. The molecular weight excluding hydrogens is 342 g/mol. The third-order valence-corrected chi connectivity index (χ3v) is 5.73. The van der Waals surface area contributed by atoms with Crippen molar-refractivity contribution in [3.63, 3.8) is 0 Å². The second-order valence-electron chi connectivity index (χ2n) is 5.16. The molecule has 0 amide bonds. The Morgan fingerprint density at radius 3 is 2.24 bits per heavy atom. The van der Waals surface area contributed by atoms with Crippen molar-refractivity contribution in [2.24, 2.45) is 0 Å². The highest BCUT2D eigenvalue weighted by Gasteiger charge is 2.23. The van der Waals surface area contributed by atoms with Gasteiger partial charge in [-0.1, -0.05) is 32.0 Å². The van der Waals surface area contributed by atoms with E-state index >= 15 is 0 Å². The SMILES string of the molecule is CCN(CC)S(=O)(=O)c1cccc(C(=O)Oc2ccccc2OC)c1. The average Bonchev–Trinajstić information content (AvgIpc) is 2.63. The predicted octanol–water partition coefficient (Wildman–Crippen LogP) is 2.94. The number of hydrogen-bond acceptors (Lipinski definition) is 5. The molecule has 2 aromatic rings. The van der Waals surface area contributed by atoms with E-state index in [1.807, 2.05) is 0 Å². The Labute approximate surface area is 148 Å². The molecule has 0 saturated carbocycles. The molecule has 25 heavy (non-hydrogen) atoms. The van der Waals surface area contributed by atoms with E-state index in [0.29, 0.717) is 18.8 Å². The number of hydrogen-bond donors (Lipinski definition) is 0. The normalized spacial score (nSPS) is 11.4. The van der Waals surface area contributed by atoms with Crippen LogP contribution in [0.2, 0.25) is 0 Å². The smallest absolute Gasteiger partial charge is 0.343 e. The molecule has 0 aromatic heterocycles. The molecule has 0 fully saturated rings. The van der Waals surface area contributed by atoms with Crippen molar-refractivity contribution < 1.29 is 22.7 Å². The summed E-state index contributed by atoms with van der Waals surface area (Å²) in [5.74, 6) is 0.0378. The molecule has 2 aromatic carbocycles. The first kappa shape index (κ1) is 19.0. The summed E-state index contributed by atoms with van der Waals surface area (Å²) in [4.78, 5) is 12.4. The van der Waals surface area contributed by atoms with Crippen LogP contribution in [0.4, 0.5) is 0 Å². The van der Waals surface area contributed by atoms with Crippen molar-refractivity contribution in [2.45, 2.75) is 18.7 Å². The number of nitrogens with zero attached hydrogens (tertiary/aromatic N) is 1. The fourth-order valence-electron chi connectivity index (χ4n) is 2.36. The Kier molecular flexibility index (Phi) is 6.17. The fourth-order valence-corrected chi connectivity index (χ4v) is 3.86. The second-order valence-corrected chi connectivity index (χ2v) is 7.10. The highest BCUT2D eigenvalue weighted by Crippen LogP contribution is 2.27. The summed E-state index contributed by atoms with van der Waals surface area (Å²) in [6.45, 7) is 4.24. The molecule has 0 unspecified atom stereocenters. The minimum absolute atomic E-state index is 0.0608. The van der Waals surface area contributed by atoms with E-state index < -0.39 is 16.0 Å². The van der Waals surface area contributed by atoms with Crippen LogP contribution < -0.4 is 9.47 Å². The molecule has 0 radical (unpaired) electrons. The van der Waals surface area contributed by atoms with E-state index in [2.05, 4.69) is 0 Å². The van der Waals surface area contributed by atoms with Gasteiger partial charge in [-0.25, -0.2) is 13.2 Å². The number of sulfonamides is 1. The van der Waals surface area contributed by atoms with Gasteiger partial charge in [0.2, 0.25) is 10.0 Å². The van der Waals surface area contributed by atoms with E-state index in [1.165, 1.54) is 35.7 Å². The average molecular weight is 363 g/mol. The summed E-state index contributed by atoms with van der Waals surface area (Å²) in [5.41, 5.74) is 0.152. The van der Waals surface area contributed by atoms with Gasteiger partial charge in [0.15, 0.2) is 11.5 Å². The van der Waals surface area contributed by atoms with Crippen LogP contribution in [0.25, 0.3) is 0 Å². The van der Waals surface area contributed by atoms with Gasteiger partial charge in [0, 0.05) is 13.1 Å². The van der Waals surface area contributed by atoms with Gasteiger partial charge in [0.05, 0.1) is 17.6 Å². The highest BCUT2D eigenvalue weighted by atomic mass is 32.2. The zero-order chi connectivity index (χ0) is 18.4. The standard InChI is InChI=1S/C18H21NO5S/c1-4-19(5-2)25(21,22)15-10-8-9-14(13-15)18(20)24-17-12-7-6-11-16(17)23-3/h6-13H,4-5H2,1-3H3. The maximum atomic E-state index is 12.6. The Hall–Kier alpha value is -2.38. The van der Waals surface area contributed by atoms with Crippen LogP contribution in [0.15, 0.2) is 53.4 Å². The van der Waals surface area contributed by atoms with E-state index in [-0.39, 0.29) is 16.2 Å². The summed E-state index contributed by atoms with van der Waals surface area (Å²) in [5, 5.41) is 0. The number of esters is 1. The largest absolute Gasteiger partial charge is 0.493 e. The zero-order valence-corrected chi connectivity index (χ0v) is 15.2. The molecule has 0 atom stereocenters. The number of ether oxygens (including phenoxy) is 2. The zero-order valence-electron chi connectivity index (χ0n) is 14.4. The van der Waals surface area contributed by atoms with E-state index in [4.69, 9.17) is 9.47 Å². The van der Waals surface area contributed by atoms with Crippen molar-refractivity contribution in [1.82, 2.24) is 4.31 Å². The fraction of sp³-hybridized carbons (Fsp3) is 0.278. The molecule has 0 aliphatic rings. The van der Waals surface area contributed by atoms with E-state index in [9.17, 15) is 13.2 Å². The Morgan fingerprint density at radius 2 is 1.64 bits per heavy atom. The molecule has 0 spiro atoms. The van der Waals surface area contributed by atoms with E-state index in [1.54, 1.807) is 38.1 Å². The Balaban J connectivity index is 2.31. The monoisotopic (exact) mass is 363 g/mol. The molecule has 0 N–H and O–H groups in total. The second kappa shape index (κ2) is 8.13. The predicted molar refractivity (Wildman–Crippen MR) is 94.5 cm³/mol. The maximum absolute atomic E-state index is 12.6. The topological polar surface area (TPSA) is 72.9 Å². The highest BCUT2D eigenvalue weighted by molar-refractivity contribution is 7.89. The molecule has 0 bridgehead atoms. The third-order valence-electron chi connectivity index (χ3n) is 3.68. The lowest BCUT2D eigenvalue weighted by atomic mass is 10.2. The Bertz CT molecular complexity index is 844. The van der Waals surface area contributed by atoms with Crippen molar-refractivity contribution in [1.29, 1.82) is 0 Å². The summed E-state index contributed by atoms with van der Waals surface area (Å²) in [6.07, 6.45) is 0. The molecule has 0 heterocycles. The van der Waals surface area contributed by atoms with Gasteiger partial charge in [-0.3, -0.25) is 0 Å². The van der Waals surface area contributed by atoms with Gasteiger partial charge in [0.25, 0.3) is 0 Å². The van der Waals surface area contributed by atoms with Gasteiger partial charge in [-0.15, -0.1) is 0 Å². The van der Waals surface area contributed by atoms with E-state index in [0.717, 1.165) is 0 Å². The molecule has 7 heteroatoms. The van der Waals surface area contributed by atoms with Crippen molar-refractivity contribution in [3.8, 4) is 11.5 Å². The van der Waals surface area contributed by atoms with Crippen molar-refractivity contribution in [2.75, 3.05) is 20.2 Å². The van der Waals surface area contributed by atoms with Crippen LogP contribution in [-0.2, 0) is 10.0 Å². The first-order valence-electron chi connectivity index (χ1n) is 7.89. The molecule has 0 saturated heterocycles. The first-order valence-corrected chi connectivity index (χ1v) is 9.33. The van der Waals surface area contributed by atoms with Crippen LogP contribution in [0.1, 0.15) is 24.2 Å². The van der Waals surface area contributed by atoms with Gasteiger partial charge in [-0.2, -0.15) is 4.31 Å². The van der Waals surface area contributed by atoms with Crippen LogP contribution in [-0.4, -0.2) is 38.9 Å². The van der Waals surface area contributed by atoms with Crippen LogP contribution in [0.3, 0.4) is 0 Å². The number of methoxy groups -OCH3 is 1. The minimum Gasteiger partial charge on any atom is -0.493 e. The molecule has 0 aliphatic carbocycles. The number of rotatable bonds is 7. The van der Waals surface area contributed by atoms with Gasteiger partial charge >= 0.3 is 5.97 Å². The van der Waals surface area contributed by atoms with Crippen molar-refractivity contribution in [3.05, 3.63) is 54.1 Å². The third kappa shape index (κ3) is 4.18. The Morgan fingerprint density at radius 1 is 1.00 bits per heavy atom. The minimum atomic E-state index is -3.64. The molecule has 134 valence electrons. The van der Waals surface area contributed by atoms with Crippen LogP contribution in [0, 0.1) is 0 Å². The molecule has 6 nitrogen and oxygen atoms in total. The number of carbonyl (C=O) groups is 1. The number of para-hydroxylation sites is 2. The summed E-state index contributed by atoms with van der Waals surface area (Å²) in [6, 6.07) is 12.6. The molecular formula is C18H21NO5S. The summed E-state index contributed by atoms with van der Waals surface area (Å²) >= 11 is 0. The first-order chi connectivity index (χ1) is 11.9. The lowest BCUT2D eigenvalue weighted by molar-refractivity contribution is 0.0729. The van der Waals surface area contributed by atoms with Gasteiger partial charge in [0.1, 0.15) is 0 Å². The van der Waals surface area contributed by atoms with Gasteiger partial charge in [-0.05, 0) is 30.3 Å². The molecule has 2 rings (SSSR count). The maximum Gasteiger partial charge on any atom is 0.343 e. The van der Waals surface area contributed by atoms with Crippen molar-refractivity contribution >= 4 is 16.0 Å². The number of carbonyl (C=O) groups excluding carboxylic acids is 1.